The lowest BCUT2D eigenvalue weighted by atomic mass is 9.92. The molecule has 1 aliphatic heterocycles. The van der Waals surface area contributed by atoms with Crippen LogP contribution in [0.4, 0.5) is 5.95 Å². The van der Waals surface area contributed by atoms with Crippen molar-refractivity contribution in [2.24, 2.45) is 0 Å². The lowest BCUT2D eigenvalue weighted by Gasteiger charge is -2.41. The van der Waals surface area contributed by atoms with Crippen LogP contribution in [0.15, 0.2) is 37.2 Å². The van der Waals surface area contributed by atoms with Crippen LogP contribution >= 0.6 is 0 Å². The number of hydrogen-bond acceptors (Lipinski definition) is 6. The van der Waals surface area contributed by atoms with E-state index in [9.17, 15) is 9.90 Å². The number of carbonyl (C=O) groups excluding carboxylic acids is 1. The molecule has 0 unspecified atom stereocenters. The maximum Gasteiger partial charge on any atom is 0.225 e. The Kier molecular flexibility index (Phi) is 5.82. The predicted molar refractivity (Wildman–Crippen MR) is 97.5 cm³/mol. The Morgan fingerprint density at radius 1 is 1.35 bits per heavy atom. The molecule has 1 amide bonds. The van der Waals surface area contributed by atoms with E-state index in [1.165, 1.54) is 0 Å². The molecule has 26 heavy (non-hydrogen) atoms. The Morgan fingerprint density at radius 2 is 2.15 bits per heavy atom. The number of imidazole rings is 1. The summed E-state index contributed by atoms with van der Waals surface area (Å²) in [6, 6.07) is 1.77. The van der Waals surface area contributed by atoms with Crippen molar-refractivity contribution in [1.29, 1.82) is 0 Å². The summed E-state index contributed by atoms with van der Waals surface area (Å²) in [7, 11) is 1.76. The Morgan fingerprint density at radius 3 is 2.88 bits per heavy atom. The van der Waals surface area contributed by atoms with E-state index in [1.54, 1.807) is 42.9 Å². The monoisotopic (exact) mass is 358 g/mol. The van der Waals surface area contributed by atoms with Crippen molar-refractivity contribution in [3.05, 3.63) is 37.2 Å². The number of piperidine rings is 1. The Bertz CT molecular complexity index is 693. The summed E-state index contributed by atoms with van der Waals surface area (Å²) in [5.41, 5.74) is -0.938. The SMILES string of the molecule is CN(C[C@@]1(O)CCCN(c2ncccn2)C1)C(=O)CCCn1ccnc1. The third-order valence-electron chi connectivity index (χ3n) is 4.71. The molecule has 1 saturated heterocycles. The number of hydrogen-bond donors (Lipinski definition) is 1. The molecule has 8 heteroatoms. The molecule has 0 bridgehead atoms. The molecule has 1 N–H and O–H groups in total. The molecule has 0 radical (unpaired) electrons. The molecule has 3 rings (SSSR count). The fourth-order valence-corrected chi connectivity index (χ4v) is 3.42. The van der Waals surface area contributed by atoms with Gasteiger partial charge in [-0.25, -0.2) is 15.0 Å². The van der Waals surface area contributed by atoms with Gasteiger partial charge >= 0.3 is 0 Å². The van der Waals surface area contributed by atoms with Gasteiger partial charge in [-0.2, -0.15) is 0 Å². The number of carbonyl (C=O) groups is 1. The van der Waals surface area contributed by atoms with Crippen LogP contribution in [0.2, 0.25) is 0 Å². The van der Waals surface area contributed by atoms with Gasteiger partial charge in [0.05, 0.1) is 25.0 Å². The highest BCUT2D eigenvalue weighted by molar-refractivity contribution is 5.75. The van der Waals surface area contributed by atoms with E-state index in [4.69, 9.17) is 0 Å². The highest BCUT2D eigenvalue weighted by atomic mass is 16.3. The van der Waals surface area contributed by atoms with E-state index in [0.29, 0.717) is 31.9 Å². The maximum atomic E-state index is 12.4. The van der Waals surface area contributed by atoms with Gasteiger partial charge < -0.3 is 19.5 Å². The van der Waals surface area contributed by atoms with E-state index >= 15 is 0 Å². The summed E-state index contributed by atoms with van der Waals surface area (Å²) >= 11 is 0. The molecule has 0 aromatic carbocycles. The molecule has 1 atom stereocenters. The van der Waals surface area contributed by atoms with E-state index in [-0.39, 0.29) is 5.91 Å². The van der Waals surface area contributed by atoms with Crippen LogP contribution in [0.1, 0.15) is 25.7 Å². The summed E-state index contributed by atoms with van der Waals surface area (Å²) in [5, 5.41) is 11.0. The predicted octanol–water partition coefficient (Wildman–Crippen LogP) is 0.943. The molecule has 8 nitrogen and oxygen atoms in total. The van der Waals surface area contributed by atoms with Crippen molar-refractivity contribution >= 4 is 11.9 Å². The molecule has 0 spiro atoms. The van der Waals surface area contributed by atoms with Gasteiger partial charge in [0.25, 0.3) is 0 Å². The fourth-order valence-electron chi connectivity index (χ4n) is 3.42. The summed E-state index contributed by atoms with van der Waals surface area (Å²) < 4.78 is 1.96. The number of likely N-dealkylation sites (N-methyl/N-ethyl adjacent to an activating group) is 1. The number of aryl methyl sites for hydroxylation is 1. The van der Waals surface area contributed by atoms with Crippen molar-refractivity contribution in [3.63, 3.8) is 0 Å². The Labute approximate surface area is 153 Å². The van der Waals surface area contributed by atoms with Gasteiger partial charge in [0.1, 0.15) is 0 Å². The standard InChI is InChI=1S/C18H26N6O2/c1-22(16(25)5-2-10-23-12-9-19-15-23)13-18(26)6-3-11-24(14-18)17-20-7-4-8-21-17/h4,7-9,12,15,26H,2-3,5-6,10-11,13-14H2,1H3/t18-/m0/s1. The van der Waals surface area contributed by atoms with Gasteiger partial charge in [0.15, 0.2) is 0 Å². The number of rotatable bonds is 7. The van der Waals surface area contributed by atoms with Crippen LogP contribution in [0.3, 0.4) is 0 Å². The van der Waals surface area contributed by atoms with Gasteiger partial charge in [0, 0.05) is 51.3 Å². The van der Waals surface area contributed by atoms with Crippen LogP contribution in [0, 0.1) is 0 Å². The van der Waals surface area contributed by atoms with Crippen molar-refractivity contribution < 1.29 is 9.90 Å². The summed E-state index contributed by atoms with van der Waals surface area (Å²) in [6.07, 6.45) is 11.5. The van der Waals surface area contributed by atoms with Crippen LogP contribution in [-0.4, -0.2) is 67.7 Å². The summed E-state index contributed by atoms with van der Waals surface area (Å²) in [6.45, 7) is 2.34. The average molecular weight is 358 g/mol. The Balaban J connectivity index is 1.50. The number of β-amino-alcohol motifs (C(OH)–C–C–N with tert-alkyl or cyclic N) is 1. The number of aromatic nitrogens is 4. The second-order valence-electron chi connectivity index (χ2n) is 6.95. The van der Waals surface area contributed by atoms with Crippen molar-refractivity contribution in [3.8, 4) is 0 Å². The van der Waals surface area contributed by atoms with E-state index < -0.39 is 5.60 Å². The number of aliphatic hydroxyl groups is 1. The molecule has 2 aromatic rings. The summed E-state index contributed by atoms with van der Waals surface area (Å²) in [4.78, 5) is 28.5. The quantitative estimate of drug-likeness (QED) is 0.793. The van der Waals surface area contributed by atoms with Gasteiger partial charge in [-0.15, -0.1) is 0 Å². The smallest absolute Gasteiger partial charge is 0.225 e. The molecule has 1 aliphatic rings. The molecular formula is C18H26N6O2. The molecule has 140 valence electrons. The second-order valence-corrected chi connectivity index (χ2v) is 6.95. The minimum atomic E-state index is -0.938. The number of nitrogens with zero attached hydrogens (tertiary/aromatic N) is 6. The van der Waals surface area contributed by atoms with E-state index in [2.05, 4.69) is 15.0 Å². The summed E-state index contributed by atoms with van der Waals surface area (Å²) in [5.74, 6) is 0.673. The zero-order chi connectivity index (χ0) is 18.4. The third kappa shape index (κ3) is 4.78. The number of anilines is 1. The molecule has 0 aliphatic carbocycles. The van der Waals surface area contributed by atoms with Crippen molar-refractivity contribution in [1.82, 2.24) is 24.4 Å². The zero-order valence-electron chi connectivity index (χ0n) is 15.2. The highest BCUT2D eigenvalue weighted by Crippen LogP contribution is 2.24. The molecule has 1 fully saturated rings. The van der Waals surface area contributed by atoms with E-state index in [0.717, 1.165) is 25.9 Å². The lowest BCUT2D eigenvalue weighted by molar-refractivity contribution is -0.133. The van der Waals surface area contributed by atoms with Crippen molar-refractivity contribution in [2.45, 2.75) is 37.8 Å². The Hall–Kier alpha value is -2.48. The first-order valence-corrected chi connectivity index (χ1v) is 9.00. The minimum Gasteiger partial charge on any atom is -0.386 e. The van der Waals surface area contributed by atoms with Crippen LogP contribution in [0.5, 0.6) is 0 Å². The fraction of sp³-hybridized carbons (Fsp3) is 0.556. The topological polar surface area (TPSA) is 87.4 Å². The minimum absolute atomic E-state index is 0.0478. The van der Waals surface area contributed by atoms with Gasteiger partial charge in [-0.3, -0.25) is 4.79 Å². The van der Waals surface area contributed by atoms with Gasteiger partial charge in [-0.1, -0.05) is 0 Å². The first kappa shape index (κ1) is 18.3. The van der Waals surface area contributed by atoms with Crippen LogP contribution in [-0.2, 0) is 11.3 Å². The average Bonchev–Trinajstić information content (AvgIpc) is 3.15. The molecule has 2 aromatic heterocycles. The first-order valence-electron chi connectivity index (χ1n) is 9.00. The van der Waals surface area contributed by atoms with Gasteiger partial charge in [0.2, 0.25) is 11.9 Å². The van der Waals surface area contributed by atoms with E-state index in [1.807, 2.05) is 15.7 Å². The van der Waals surface area contributed by atoms with Crippen LogP contribution < -0.4 is 4.90 Å². The lowest BCUT2D eigenvalue weighted by Crippen LogP contribution is -2.55. The number of amides is 1. The third-order valence-corrected chi connectivity index (χ3v) is 4.71. The molecule has 3 heterocycles. The van der Waals surface area contributed by atoms with Crippen LogP contribution in [0.25, 0.3) is 0 Å². The largest absolute Gasteiger partial charge is 0.386 e. The highest BCUT2D eigenvalue weighted by Gasteiger charge is 2.36. The first-order chi connectivity index (χ1) is 12.6. The molecular weight excluding hydrogens is 332 g/mol. The normalized spacial score (nSPS) is 20.2. The maximum absolute atomic E-state index is 12.4. The van der Waals surface area contributed by atoms with Gasteiger partial charge in [-0.05, 0) is 25.3 Å². The zero-order valence-corrected chi connectivity index (χ0v) is 15.2. The molecule has 0 saturated carbocycles. The second kappa shape index (κ2) is 8.27. The van der Waals surface area contributed by atoms with Crippen molar-refractivity contribution in [2.75, 3.05) is 31.6 Å².